The maximum Gasteiger partial charge on any atom is 0.0244 e. The summed E-state index contributed by atoms with van der Waals surface area (Å²) in [4.78, 5) is 2.40. The Morgan fingerprint density at radius 3 is 2.93 bits per heavy atom. The zero-order valence-corrected chi connectivity index (χ0v) is 9.00. The van der Waals surface area contributed by atoms with Crippen molar-refractivity contribution in [2.24, 2.45) is 5.92 Å². The average Bonchev–Trinajstić information content (AvgIpc) is 2.68. The molecule has 0 bridgehead atoms. The highest BCUT2D eigenvalue weighted by Crippen LogP contribution is 2.28. The highest BCUT2D eigenvalue weighted by atomic mass is 15.1. The van der Waals surface area contributed by atoms with E-state index in [-0.39, 0.29) is 0 Å². The molecule has 76 valence electrons. The quantitative estimate of drug-likeness (QED) is 0.645. The molecule has 2 aliphatic rings. The highest BCUT2D eigenvalue weighted by molar-refractivity contribution is 5.26. The van der Waals surface area contributed by atoms with Crippen LogP contribution in [0.1, 0.15) is 26.2 Å². The summed E-state index contributed by atoms with van der Waals surface area (Å²) in [5.74, 6) is 0.753. The van der Waals surface area contributed by atoms with Gasteiger partial charge in [0.05, 0.1) is 0 Å². The van der Waals surface area contributed by atoms with Crippen LogP contribution in [0.25, 0.3) is 0 Å². The molecule has 14 heavy (non-hydrogen) atoms. The van der Waals surface area contributed by atoms with E-state index in [0.717, 1.165) is 5.92 Å². The second kappa shape index (κ2) is 4.04. The minimum absolute atomic E-state index is 0.753. The largest absolute Gasteiger partial charge is 0.375 e. The van der Waals surface area contributed by atoms with Crippen LogP contribution in [0.15, 0.2) is 36.1 Å². The van der Waals surface area contributed by atoms with Gasteiger partial charge in [-0.05, 0) is 31.8 Å². The van der Waals surface area contributed by atoms with Crippen molar-refractivity contribution in [2.45, 2.75) is 26.2 Å². The predicted molar refractivity (Wildman–Crippen MR) is 61.0 cm³/mol. The van der Waals surface area contributed by atoms with Gasteiger partial charge in [0, 0.05) is 24.7 Å². The van der Waals surface area contributed by atoms with Gasteiger partial charge in [-0.2, -0.15) is 0 Å². The van der Waals surface area contributed by atoms with Crippen molar-refractivity contribution < 1.29 is 0 Å². The Hall–Kier alpha value is -0.980. The predicted octanol–water partition coefficient (Wildman–Crippen LogP) is 3.12. The Labute approximate surface area is 86.8 Å². The van der Waals surface area contributed by atoms with Gasteiger partial charge in [0.15, 0.2) is 0 Å². The van der Waals surface area contributed by atoms with E-state index in [1.54, 1.807) is 5.57 Å². The number of hydrogen-bond donors (Lipinski definition) is 0. The lowest BCUT2D eigenvalue weighted by Crippen LogP contribution is -2.18. The smallest absolute Gasteiger partial charge is 0.0244 e. The van der Waals surface area contributed by atoms with E-state index in [2.05, 4.69) is 36.6 Å². The Morgan fingerprint density at radius 2 is 2.36 bits per heavy atom. The van der Waals surface area contributed by atoms with Crippen molar-refractivity contribution in [2.75, 3.05) is 13.1 Å². The monoisotopic (exact) mass is 189 g/mol. The van der Waals surface area contributed by atoms with E-state index in [4.69, 9.17) is 0 Å². The first kappa shape index (κ1) is 9.57. The van der Waals surface area contributed by atoms with E-state index >= 15 is 0 Å². The molecule has 0 aromatic heterocycles. The van der Waals surface area contributed by atoms with Crippen LogP contribution in [-0.2, 0) is 0 Å². The molecule has 1 heterocycles. The van der Waals surface area contributed by atoms with Crippen LogP contribution in [-0.4, -0.2) is 18.0 Å². The van der Waals surface area contributed by atoms with Gasteiger partial charge in [-0.1, -0.05) is 24.8 Å². The summed E-state index contributed by atoms with van der Waals surface area (Å²) in [7, 11) is 0. The first-order chi connectivity index (χ1) is 6.77. The molecular weight excluding hydrogens is 170 g/mol. The Kier molecular flexibility index (Phi) is 2.76. The third kappa shape index (κ3) is 1.92. The maximum atomic E-state index is 4.01. The lowest BCUT2D eigenvalue weighted by Gasteiger charge is -2.19. The molecule has 1 fully saturated rings. The third-order valence-electron chi connectivity index (χ3n) is 3.22. The summed E-state index contributed by atoms with van der Waals surface area (Å²) in [6, 6.07) is 0. The highest BCUT2D eigenvalue weighted by Gasteiger charge is 2.24. The Balaban J connectivity index is 1.98. The van der Waals surface area contributed by atoms with E-state index in [1.807, 2.05) is 0 Å². The minimum atomic E-state index is 0.753. The maximum absolute atomic E-state index is 4.01. The molecule has 1 nitrogen and oxygen atoms in total. The third-order valence-corrected chi connectivity index (χ3v) is 3.22. The van der Waals surface area contributed by atoms with Crippen molar-refractivity contribution in [3.63, 3.8) is 0 Å². The van der Waals surface area contributed by atoms with Crippen LogP contribution in [0.5, 0.6) is 0 Å². The Bertz CT molecular complexity index is 286. The van der Waals surface area contributed by atoms with Gasteiger partial charge in [-0.25, -0.2) is 0 Å². The first-order valence-electron chi connectivity index (χ1n) is 5.54. The van der Waals surface area contributed by atoms with Gasteiger partial charge >= 0.3 is 0 Å². The van der Waals surface area contributed by atoms with Gasteiger partial charge in [-0.3, -0.25) is 0 Å². The molecule has 1 unspecified atom stereocenters. The molecule has 2 rings (SSSR count). The van der Waals surface area contributed by atoms with Gasteiger partial charge in [0.25, 0.3) is 0 Å². The number of rotatable bonds is 2. The summed E-state index contributed by atoms with van der Waals surface area (Å²) < 4.78 is 0. The fourth-order valence-electron chi connectivity index (χ4n) is 2.32. The standard InChI is InChI=1S/C13H19N/c1-11(2)14-9-8-13(10-14)12-6-4-3-5-7-12/h4,6-7,13H,1,3,5,8-10H2,2H3. The van der Waals surface area contributed by atoms with Crippen molar-refractivity contribution in [1.29, 1.82) is 0 Å². The fourth-order valence-corrected chi connectivity index (χ4v) is 2.32. The second-order valence-electron chi connectivity index (χ2n) is 4.35. The Morgan fingerprint density at radius 1 is 1.50 bits per heavy atom. The summed E-state index contributed by atoms with van der Waals surface area (Å²) in [5.41, 5.74) is 2.77. The number of nitrogens with zero attached hydrogens (tertiary/aromatic N) is 1. The zero-order chi connectivity index (χ0) is 9.97. The van der Waals surface area contributed by atoms with Gasteiger partial charge < -0.3 is 4.90 Å². The lowest BCUT2D eigenvalue weighted by atomic mass is 9.93. The van der Waals surface area contributed by atoms with Gasteiger partial charge in [-0.15, -0.1) is 0 Å². The van der Waals surface area contributed by atoms with Crippen molar-refractivity contribution in [3.8, 4) is 0 Å². The summed E-state index contributed by atoms with van der Waals surface area (Å²) in [6.45, 7) is 8.47. The molecule has 0 radical (unpaired) electrons. The molecule has 0 amide bonds. The molecule has 1 heteroatoms. The van der Waals surface area contributed by atoms with Crippen LogP contribution >= 0.6 is 0 Å². The van der Waals surface area contributed by atoms with Crippen LogP contribution < -0.4 is 0 Å². The molecule has 0 saturated carbocycles. The van der Waals surface area contributed by atoms with Crippen molar-refractivity contribution >= 4 is 0 Å². The first-order valence-corrected chi connectivity index (χ1v) is 5.54. The fraction of sp³-hybridized carbons (Fsp3) is 0.538. The zero-order valence-electron chi connectivity index (χ0n) is 9.00. The molecule has 0 aromatic carbocycles. The SMILES string of the molecule is C=C(C)N1CCC(C2=CCCC=C2)C1. The average molecular weight is 189 g/mol. The van der Waals surface area contributed by atoms with Crippen molar-refractivity contribution in [1.82, 2.24) is 4.90 Å². The molecule has 0 N–H and O–H groups in total. The number of likely N-dealkylation sites (tertiary alicyclic amines) is 1. The molecule has 0 aromatic rings. The van der Waals surface area contributed by atoms with E-state index < -0.39 is 0 Å². The van der Waals surface area contributed by atoms with Crippen molar-refractivity contribution in [3.05, 3.63) is 36.1 Å². The molecular formula is C13H19N. The van der Waals surface area contributed by atoms with Crippen LogP contribution in [0.4, 0.5) is 0 Å². The molecule has 0 spiro atoms. The van der Waals surface area contributed by atoms with E-state index in [1.165, 1.54) is 38.0 Å². The van der Waals surface area contributed by atoms with Gasteiger partial charge in [0.1, 0.15) is 0 Å². The summed E-state index contributed by atoms with van der Waals surface area (Å²) >= 11 is 0. The van der Waals surface area contributed by atoms with E-state index in [0.29, 0.717) is 0 Å². The molecule has 1 aliphatic carbocycles. The molecule has 1 atom stereocenters. The second-order valence-corrected chi connectivity index (χ2v) is 4.35. The lowest BCUT2D eigenvalue weighted by molar-refractivity contribution is 0.417. The molecule has 1 aliphatic heterocycles. The summed E-state index contributed by atoms with van der Waals surface area (Å²) in [5, 5.41) is 0. The number of hydrogen-bond acceptors (Lipinski definition) is 1. The van der Waals surface area contributed by atoms with Crippen LogP contribution in [0, 0.1) is 5.92 Å². The topological polar surface area (TPSA) is 3.24 Å². The van der Waals surface area contributed by atoms with Crippen LogP contribution in [0.2, 0.25) is 0 Å². The minimum Gasteiger partial charge on any atom is -0.375 e. The summed E-state index contributed by atoms with van der Waals surface area (Å²) in [6.07, 6.45) is 10.8. The normalized spacial score (nSPS) is 26.5. The number of allylic oxidation sites excluding steroid dienone is 4. The van der Waals surface area contributed by atoms with E-state index in [9.17, 15) is 0 Å². The molecule has 1 saturated heterocycles. The van der Waals surface area contributed by atoms with Crippen LogP contribution in [0.3, 0.4) is 0 Å². The van der Waals surface area contributed by atoms with Gasteiger partial charge in [0.2, 0.25) is 0 Å².